The molecule has 10 heteroatoms. The van der Waals surface area contributed by atoms with Gasteiger partial charge in [-0.3, -0.25) is 15.1 Å². The van der Waals surface area contributed by atoms with Gasteiger partial charge in [-0.05, 0) is 12.1 Å². The van der Waals surface area contributed by atoms with Crippen LogP contribution in [0.1, 0.15) is 10.6 Å². The molecule has 3 heterocycles. The second kappa shape index (κ2) is 6.41. The lowest BCUT2D eigenvalue weighted by atomic mass is 10.4. The zero-order chi connectivity index (χ0) is 15.6. The van der Waals surface area contributed by atoms with Crippen LogP contribution in [0.15, 0.2) is 26.6 Å². The van der Waals surface area contributed by atoms with Gasteiger partial charge in [0.2, 0.25) is 5.09 Å². The molecular weight excluding hydrogens is 330 g/mol. The Hall–Kier alpha value is -1.36. The fourth-order valence-corrected chi connectivity index (χ4v) is 4.11. The number of hydrogen-bond acceptors (Lipinski definition) is 7. The van der Waals surface area contributed by atoms with Crippen molar-refractivity contribution < 1.29 is 22.4 Å². The number of nitrogens with one attached hydrogen (secondary N) is 1. The lowest BCUT2D eigenvalue weighted by Crippen LogP contribution is -2.40. The highest BCUT2D eigenvalue weighted by atomic mass is 32.2. The maximum Gasteiger partial charge on any atom is 0.292 e. The van der Waals surface area contributed by atoms with Crippen molar-refractivity contribution in [3.8, 4) is 0 Å². The molecule has 120 valence electrons. The van der Waals surface area contributed by atoms with Crippen molar-refractivity contribution in [1.82, 2.24) is 9.62 Å². The van der Waals surface area contributed by atoms with E-state index in [4.69, 9.17) is 9.15 Å². The minimum atomic E-state index is -3.73. The van der Waals surface area contributed by atoms with Crippen molar-refractivity contribution in [2.75, 3.05) is 38.6 Å². The molecule has 1 aromatic rings. The summed E-state index contributed by atoms with van der Waals surface area (Å²) in [5, 5.41) is 2.88. The van der Waals surface area contributed by atoms with Crippen molar-refractivity contribution in [2.24, 2.45) is 4.99 Å². The highest BCUT2D eigenvalue weighted by Crippen LogP contribution is 2.20. The number of thioether (sulfide) groups is 1. The van der Waals surface area contributed by atoms with E-state index in [0.29, 0.717) is 24.9 Å². The van der Waals surface area contributed by atoms with Gasteiger partial charge < -0.3 is 9.15 Å². The van der Waals surface area contributed by atoms with E-state index < -0.39 is 15.9 Å². The molecule has 1 fully saturated rings. The Morgan fingerprint density at radius 3 is 2.77 bits per heavy atom. The summed E-state index contributed by atoms with van der Waals surface area (Å²) >= 11 is 1.44. The molecule has 3 rings (SSSR count). The molecule has 1 aromatic heterocycles. The number of morpholine rings is 1. The summed E-state index contributed by atoms with van der Waals surface area (Å²) < 4.78 is 36.4. The zero-order valence-electron chi connectivity index (χ0n) is 11.6. The van der Waals surface area contributed by atoms with Crippen molar-refractivity contribution in [3.05, 3.63) is 17.9 Å². The summed E-state index contributed by atoms with van der Waals surface area (Å²) in [5.74, 6) is 0.267. The van der Waals surface area contributed by atoms with E-state index in [9.17, 15) is 13.2 Å². The van der Waals surface area contributed by atoms with E-state index in [1.54, 1.807) is 0 Å². The predicted molar refractivity (Wildman–Crippen MR) is 80.5 cm³/mol. The van der Waals surface area contributed by atoms with E-state index in [2.05, 4.69) is 10.3 Å². The Labute approximate surface area is 131 Å². The summed E-state index contributed by atoms with van der Waals surface area (Å²) in [6.45, 7) is 1.92. The number of ether oxygens (including phenoxy) is 1. The minimum absolute atomic E-state index is 0.0537. The molecular formula is C12H15N3O5S2. The van der Waals surface area contributed by atoms with Gasteiger partial charge in [-0.2, -0.15) is 4.31 Å². The van der Waals surface area contributed by atoms with Gasteiger partial charge in [0.15, 0.2) is 10.9 Å². The molecule has 0 bridgehead atoms. The Morgan fingerprint density at radius 2 is 2.09 bits per heavy atom. The molecule has 1 saturated heterocycles. The monoisotopic (exact) mass is 345 g/mol. The Kier molecular flexibility index (Phi) is 4.52. The molecule has 0 radical (unpaired) electrons. The summed E-state index contributed by atoms with van der Waals surface area (Å²) in [5.41, 5.74) is 0. The molecule has 8 nitrogen and oxygen atoms in total. The van der Waals surface area contributed by atoms with Gasteiger partial charge in [0.05, 0.1) is 19.8 Å². The average Bonchev–Trinajstić information content (AvgIpc) is 3.19. The molecule has 0 saturated carbocycles. The van der Waals surface area contributed by atoms with E-state index in [0.717, 1.165) is 5.75 Å². The average molecular weight is 345 g/mol. The smallest absolute Gasteiger partial charge is 0.292 e. The largest absolute Gasteiger partial charge is 0.438 e. The number of hydrogen-bond donors (Lipinski definition) is 1. The van der Waals surface area contributed by atoms with Gasteiger partial charge in [0.1, 0.15) is 0 Å². The standard InChI is InChI=1S/C12H15N3O5S2/c16-11(14-12-13-3-8-21-12)9-1-2-10(20-9)22(17,18)15-4-6-19-7-5-15/h1-2H,3-8H2,(H,13,14,16). The molecule has 1 amide bonds. The lowest BCUT2D eigenvalue weighted by molar-refractivity contribution is 0.0722. The number of aliphatic imine (C=N–C) groups is 1. The highest BCUT2D eigenvalue weighted by Gasteiger charge is 2.30. The first-order chi connectivity index (χ1) is 10.6. The number of furan rings is 1. The predicted octanol–water partition coefficient (Wildman–Crippen LogP) is 0.133. The van der Waals surface area contributed by atoms with Crippen LogP contribution in [0.5, 0.6) is 0 Å². The maximum atomic E-state index is 12.4. The molecule has 0 aliphatic carbocycles. The number of nitrogens with zero attached hydrogens (tertiary/aromatic N) is 2. The van der Waals surface area contributed by atoms with E-state index in [-0.39, 0.29) is 23.9 Å². The SMILES string of the molecule is O=C(NC1=NCCS1)c1ccc(S(=O)(=O)N2CCOCC2)o1. The Balaban J connectivity index is 1.73. The Morgan fingerprint density at radius 1 is 1.32 bits per heavy atom. The first-order valence-electron chi connectivity index (χ1n) is 6.74. The summed E-state index contributed by atoms with van der Waals surface area (Å²) in [6, 6.07) is 2.64. The van der Waals surface area contributed by atoms with Gasteiger partial charge in [-0.15, -0.1) is 0 Å². The van der Waals surface area contributed by atoms with Gasteiger partial charge >= 0.3 is 0 Å². The van der Waals surface area contributed by atoms with Crippen LogP contribution >= 0.6 is 11.8 Å². The van der Waals surface area contributed by atoms with Crippen LogP contribution < -0.4 is 5.32 Å². The Bertz CT molecular complexity index is 691. The lowest BCUT2D eigenvalue weighted by Gasteiger charge is -2.24. The fraction of sp³-hybridized carbons (Fsp3) is 0.500. The number of carbonyl (C=O) groups is 1. The second-order valence-electron chi connectivity index (χ2n) is 4.62. The van der Waals surface area contributed by atoms with Crippen molar-refractivity contribution in [3.63, 3.8) is 0 Å². The van der Waals surface area contributed by atoms with Crippen molar-refractivity contribution >= 4 is 32.9 Å². The molecule has 0 aromatic carbocycles. The van der Waals surface area contributed by atoms with E-state index >= 15 is 0 Å². The number of amidine groups is 1. The summed E-state index contributed by atoms with van der Waals surface area (Å²) in [7, 11) is -3.73. The minimum Gasteiger partial charge on any atom is -0.438 e. The zero-order valence-corrected chi connectivity index (χ0v) is 13.3. The van der Waals surface area contributed by atoms with Gasteiger partial charge in [-0.25, -0.2) is 8.42 Å². The normalized spacial score (nSPS) is 19.9. The molecule has 0 unspecified atom stereocenters. The van der Waals surface area contributed by atoms with Crippen LogP contribution in [-0.4, -0.2) is 62.4 Å². The third-order valence-corrected chi connectivity index (χ3v) is 5.84. The van der Waals surface area contributed by atoms with Gasteiger partial charge in [-0.1, -0.05) is 11.8 Å². The highest BCUT2D eigenvalue weighted by molar-refractivity contribution is 8.14. The summed E-state index contributed by atoms with van der Waals surface area (Å²) in [6.07, 6.45) is 0. The molecule has 2 aliphatic rings. The van der Waals surface area contributed by atoms with Crippen LogP contribution in [0.25, 0.3) is 0 Å². The van der Waals surface area contributed by atoms with Crippen LogP contribution in [-0.2, 0) is 14.8 Å². The molecule has 1 N–H and O–H groups in total. The van der Waals surface area contributed by atoms with Crippen LogP contribution in [0.2, 0.25) is 0 Å². The van der Waals surface area contributed by atoms with Crippen molar-refractivity contribution in [2.45, 2.75) is 5.09 Å². The molecule has 2 aliphatic heterocycles. The second-order valence-corrected chi connectivity index (χ2v) is 7.58. The van der Waals surface area contributed by atoms with E-state index in [1.807, 2.05) is 0 Å². The molecule has 0 atom stereocenters. The summed E-state index contributed by atoms with van der Waals surface area (Å²) in [4.78, 5) is 16.1. The van der Waals surface area contributed by atoms with Crippen LogP contribution in [0, 0.1) is 0 Å². The third kappa shape index (κ3) is 3.19. The number of amides is 1. The quantitative estimate of drug-likeness (QED) is 0.836. The first-order valence-corrected chi connectivity index (χ1v) is 9.16. The number of sulfonamides is 1. The van der Waals surface area contributed by atoms with Gasteiger partial charge in [0.25, 0.3) is 15.9 Å². The maximum absolute atomic E-state index is 12.4. The van der Waals surface area contributed by atoms with Crippen LogP contribution in [0.4, 0.5) is 0 Å². The first kappa shape index (κ1) is 15.5. The molecule has 0 spiro atoms. The third-order valence-electron chi connectivity index (χ3n) is 3.18. The van der Waals surface area contributed by atoms with Gasteiger partial charge in [0, 0.05) is 18.8 Å². The van der Waals surface area contributed by atoms with Crippen molar-refractivity contribution in [1.29, 1.82) is 0 Å². The fourth-order valence-electron chi connectivity index (χ4n) is 2.06. The topological polar surface area (TPSA) is 101 Å². The number of carbonyl (C=O) groups excluding carboxylic acids is 1. The molecule has 22 heavy (non-hydrogen) atoms. The van der Waals surface area contributed by atoms with E-state index in [1.165, 1.54) is 28.2 Å². The number of rotatable bonds is 3. The van der Waals surface area contributed by atoms with Crippen LogP contribution in [0.3, 0.4) is 0 Å².